The summed E-state index contributed by atoms with van der Waals surface area (Å²) in [4.78, 5) is 9.25. The number of aromatic nitrogens is 4. The zero-order valence-corrected chi connectivity index (χ0v) is 11.4. The first-order valence-corrected chi connectivity index (χ1v) is 6.87. The highest BCUT2D eigenvalue weighted by atomic mass is 15.3. The molecule has 1 atom stereocenters. The molecule has 0 aromatic carbocycles. The average molecular weight is 257 g/mol. The molecule has 0 saturated heterocycles. The second-order valence-corrected chi connectivity index (χ2v) is 4.94. The lowest BCUT2D eigenvalue weighted by molar-refractivity contribution is 0.464. The molecule has 2 heterocycles. The maximum absolute atomic E-state index is 4.74. The van der Waals surface area contributed by atoms with Crippen molar-refractivity contribution >= 4 is 0 Å². The Morgan fingerprint density at radius 3 is 3.11 bits per heavy atom. The summed E-state index contributed by atoms with van der Waals surface area (Å²) in [6.45, 7) is 3.12. The topological polar surface area (TPSA) is 55.6 Å². The summed E-state index contributed by atoms with van der Waals surface area (Å²) < 4.78 is 1.81. The third-order valence-electron chi connectivity index (χ3n) is 3.68. The normalized spacial score (nSPS) is 18.3. The van der Waals surface area contributed by atoms with Crippen LogP contribution < -0.4 is 5.32 Å². The van der Waals surface area contributed by atoms with Gasteiger partial charge in [-0.3, -0.25) is 4.68 Å². The van der Waals surface area contributed by atoms with Crippen molar-refractivity contribution in [3.05, 3.63) is 29.7 Å². The van der Waals surface area contributed by atoms with Crippen LogP contribution in [-0.2, 0) is 13.5 Å². The Kier molecular flexibility index (Phi) is 3.29. The van der Waals surface area contributed by atoms with Crippen LogP contribution in [0, 0.1) is 0 Å². The van der Waals surface area contributed by atoms with E-state index in [9.17, 15) is 0 Å². The lowest BCUT2D eigenvalue weighted by Crippen LogP contribution is -2.26. The molecule has 3 rings (SSSR count). The highest BCUT2D eigenvalue weighted by Crippen LogP contribution is 2.29. The number of hydrogen-bond acceptors (Lipinski definition) is 4. The van der Waals surface area contributed by atoms with Gasteiger partial charge in [0.2, 0.25) is 0 Å². The number of aryl methyl sites for hydroxylation is 2. The van der Waals surface area contributed by atoms with Gasteiger partial charge in [-0.25, -0.2) is 9.97 Å². The minimum atomic E-state index is 0.411. The Morgan fingerprint density at radius 2 is 2.37 bits per heavy atom. The molecule has 19 heavy (non-hydrogen) atoms. The number of nitrogens with one attached hydrogen (secondary N) is 1. The van der Waals surface area contributed by atoms with Crippen molar-refractivity contribution in [2.24, 2.45) is 7.05 Å². The summed E-state index contributed by atoms with van der Waals surface area (Å²) in [5.74, 6) is 0.774. The van der Waals surface area contributed by atoms with Crippen LogP contribution in [0.25, 0.3) is 11.5 Å². The van der Waals surface area contributed by atoms with Crippen LogP contribution in [0.4, 0.5) is 0 Å². The predicted octanol–water partition coefficient (Wildman–Crippen LogP) is 1.86. The van der Waals surface area contributed by atoms with Gasteiger partial charge in [0.1, 0.15) is 5.69 Å². The second kappa shape index (κ2) is 5.09. The van der Waals surface area contributed by atoms with Crippen LogP contribution >= 0.6 is 0 Å². The molecule has 0 aliphatic heterocycles. The summed E-state index contributed by atoms with van der Waals surface area (Å²) in [5, 5.41) is 7.68. The molecule has 2 aromatic heterocycles. The molecule has 5 heteroatoms. The molecule has 0 saturated carbocycles. The number of fused-ring (bicyclic) bond motifs is 1. The summed E-state index contributed by atoms with van der Waals surface area (Å²) in [6.07, 6.45) is 7.17. The number of rotatable bonds is 3. The number of hydrogen-bond donors (Lipinski definition) is 1. The Balaban J connectivity index is 1.98. The van der Waals surface area contributed by atoms with Crippen molar-refractivity contribution in [3.8, 4) is 11.5 Å². The SMILES string of the molecule is CCNC1CCCc2nc(-c3ccnn3C)ncc21. The lowest BCUT2D eigenvalue weighted by atomic mass is 9.92. The van der Waals surface area contributed by atoms with Crippen molar-refractivity contribution in [1.29, 1.82) is 0 Å². The highest BCUT2D eigenvalue weighted by molar-refractivity contribution is 5.49. The van der Waals surface area contributed by atoms with Crippen LogP contribution in [0.3, 0.4) is 0 Å². The van der Waals surface area contributed by atoms with Crippen molar-refractivity contribution in [3.63, 3.8) is 0 Å². The Bertz CT molecular complexity index is 575. The number of nitrogens with zero attached hydrogens (tertiary/aromatic N) is 4. The Morgan fingerprint density at radius 1 is 1.47 bits per heavy atom. The van der Waals surface area contributed by atoms with Crippen LogP contribution in [0.1, 0.15) is 37.1 Å². The first-order valence-electron chi connectivity index (χ1n) is 6.87. The van der Waals surface area contributed by atoms with Crippen molar-refractivity contribution in [2.75, 3.05) is 6.54 Å². The van der Waals surface area contributed by atoms with E-state index in [1.165, 1.54) is 24.1 Å². The summed E-state index contributed by atoms with van der Waals surface area (Å²) >= 11 is 0. The first kappa shape index (κ1) is 12.3. The zero-order valence-electron chi connectivity index (χ0n) is 11.4. The van der Waals surface area contributed by atoms with Gasteiger partial charge in [0.25, 0.3) is 0 Å². The van der Waals surface area contributed by atoms with E-state index in [2.05, 4.69) is 22.3 Å². The maximum Gasteiger partial charge on any atom is 0.178 e. The molecule has 1 aliphatic carbocycles. The van der Waals surface area contributed by atoms with Gasteiger partial charge >= 0.3 is 0 Å². The standard InChI is InChI=1S/C14H19N5/c1-3-15-11-5-4-6-12-10(11)9-16-14(18-12)13-7-8-17-19(13)2/h7-9,11,15H,3-6H2,1-2H3. The van der Waals surface area contributed by atoms with E-state index in [1.54, 1.807) is 6.20 Å². The van der Waals surface area contributed by atoms with E-state index >= 15 is 0 Å². The average Bonchev–Trinajstić information content (AvgIpc) is 2.85. The Labute approximate surface area is 113 Å². The molecule has 1 aliphatic rings. The highest BCUT2D eigenvalue weighted by Gasteiger charge is 2.22. The molecule has 0 amide bonds. The minimum absolute atomic E-state index is 0.411. The van der Waals surface area contributed by atoms with Gasteiger partial charge in [0.15, 0.2) is 5.82 Å². The molecule has 1 N–H and O–H groups in total. The van der Waals surface area contributed by atoms with Crippen LogP contribution in [0.2, 0.25) is 0 Å². The molecule has 0 fully saturated rings. The minimum Gasteiger partial charge on any atom is -0.310 e. The van der Waals surface area contributed by atoms with Crippen molar-refractivity contribution in [2.45, 2.75) is 32.2 Å². The largest absolute Gasteiger partial charge is 0.310 e. The molecule has 0 bridgehead atoms. The molecule has 100 valence electrons. The fourth-order valence-corrected chi connectivity index (χ4v) is 2.72. The quantitative estimate of drug-likeness (QED) is 0.912. The van der Waals surface area contributed by atoms with Gasteiger partial charge < -0.3 is 5.32 Å². The lowest BCUT2D eigenvalue weighted by Gasteiger charge is -2.25. The van der Waals surface area contributed by atoms with Crippen LogP contribution in [-0.4, -0.2) is 26.3 Å². The van der Waals surface area contributed by atoms with Gasteiger partial charge in [-0.2, -0.15) is 5.10 Å². The van der Waals surface area contributed by atoms with Crippen molar-refractivity contribution in [1.82, 2.24) is 25.1 Å². The van der Waals surface area contributed by atoms with E-state index in [0.717, 1.165) is 24.5 Å². The Hall–Kier alpha value is -1.75. The van der Waals surface area contributed by atoms with E-state index in [0.29, 0.717) is 6.04 Å². The smallest absolute Gasteiger partial charge is 0.178 e. The van der Waals surface area contributed by atoms with E-state index in [4.69, 9.17) is 4.98 Å². The fraction of sp³-hybridized carbons (Fsp3) is 0.500. The van der Waals surface area contributed by atoms with Gasteiger partial charge in [-0.1, -0.05) is 6.92 Å². The summed E-state index contributed by atoms with van der Waals surface area (Å²) in [5.41, 5.74) is 3.41. The van der Waals surface area contributed by atoms with Gasteiger partial charge in [0, 0.05) is 36.7 Å². The van der Waals surface area contributed by atoms with E-state index in [-0.39, 0.29) is 0 Å². The molecule has 0 spiro atoms. The molecular weight excluding hydrogens is 238 g/mol. The van der Waals surface area contributed by atoms with Gasteiger partial charge in [-0.05, 0) is 31.9 Å². The van der Waals surface area contributed by atoms with Crippen molar-refractivity contribution < 1.29 is 0 Å². The van der Waals surface area contributed by atoms with Crippen LogP contribution in [0.15, 0.2) is 18.5 Å². The summed E-state index contributed by atoms with van der Waals surface area (Å²) in [7, 11) is 1.92. The summed E-state index contributed by atoms with van der Waals surface area (Å²) in [6, 6.07) is 2.36. The molecular formula is C14H19N5. The van der Waals surface area contributed by atoms with Crippen LogP contribution in [0.5, 0.6) is 0 Å². The first-order chi connectivity index (χ1) is 9.29. The third-order valence-corrected chi connectivity index (χ3v) is 3.68. The fourth-order valence-electron chi connectivity index (χ4n) is 2.72. The van der Waals surface area contributed by atoms with Gasteiger partial charge in [-0.15, -0.1) is 0 Å². The zero-order chi connectivity index (χ0) is 13.2. The monoisotopic (exact) mass is 257 g/mol. The molecule has 5 nitrogen and oxygen atoms in total. The predicted molar refractivity (Wildman–Crippen MR) is 73.6 cm³/mol. The molecule has 2 aromatic rings. The van der Waals surface area contributed by atoms with E-state index in [1.807, 2.05) is 24.0 Å². The molecule has 1 unspecified atom stereocenters. The third kappa shape index (κ3) is 2.26. The maximum atomic E-state index is 4.74. The van der Waals surface area contributed by atoms with Gasteiger partial charge in [0.05, 0.1) is 0 Å². The van der Waals surface area contributed by atoms with E-state index < -0.39 is 0 Å². The second-order valence-electron chi connectivity index (χ2n) is 4.94. The molecule has 0 radical (unpaired) electrons.